The zero-order chi connectivity index (χ0) is 20.8. The summed E-state index contributed by atoms with van der Waals surface area (Å²) in [5.74, 6) is -0.0876. The largest absolute Gasteiger partial charge is 0.399 e. The molecular formula is C23H22ClN3OS. The molecule has 1 heterocycles. The monoisotopic (exact) mass is 423 g/mol. The van der Waals surface area contributed by atoms with Crippen LogP contribution in [0.3, 0.4) is 0 Å². The van der Waals surface area contributed by atoms with E-state index in [2.05, 4.69) is 17.7 Å². The molecule has 0 aromatic heterocycles. The number of halogens is 1. The first kappa shape index (κ1) is 21.0. The highest BCUT2D eigenvalue weighted by Crippen LogP contribution is 2.33. The molecule has 1 unspecified atom stereocenters. The van der Waals surface area contributed by atoms with E-state index < -0.39 is 0 Å². The molecule has 3 aromatic rings. The first-order valence-electron chi connectivity index (χ1n) is 9.16. The van der Waals surface area contributed by atoms with E-state index in [1.807, 2.05) is 78.9 Å². The standard InChI is InChI=1S/C17H16ClN3O.C6H6S/c1-11(22)21-17(13-3-2-4-14(18)9-13)10-16(20-21)12-5-7-15(19)8-6-12;7-6-4-2-1-3-5-6/h2-9,17H,10,19H2,1H3;1-5,7H. The van der Waals surface area contributed by atoms with E-state index in [0.29, 0.717) is 17.1 Å². The minimum atomic E-state index is -0.122. The van der Waals surface area contributed by atoms with Gasteiger partial charge in [-0.05, 0) is 47.5 Å². The highest BCUT2D eigenvalue weighted by Gasteiger charge is 2.31. The molecule has 29 heavy (non-hydrogen) atoms. The van der Waals surface area contributed by atoms with Crippen LogP contribution >= 0.6 is 24.2 Å². The minimum Gasteiger partial charge on any atom is -0.399 e. The Labute approximate surface area is 181 Å². The number of carbonyl (C=O) groups is 1. The van der Waals surface area contributed by atoms with Crippen molar-refractivity contribution in [3.8, 4) is 0 Å². The maximum atomic E-state index is 11.9. The van der Waals surface area contributed by atoms with E-state index >= 15 is 0 Å². The van der Waals surface area contributed by atoms with Crippen LogP contribution in [0.4, 0.5) is 5.69 Å². The summed E-state index contributed by atoms with van der Waals surface area (Å²) in [5.41, 5.74) is 9.26. The van der Waals surface area contributed by atoms with Gasteiger partial charge in [-0.1, -0.05) is 54.1 Å². The molecule has 1 aliphatic rings. The number of hydrazone groups is 1. The van der Waals surface area contributed by atoms with Crippen LogP contribution < -0.4 is 5.73 Å². The van der Waals surface area contributed by atoms with Crippen molar-refractivity contribution in [2.24, 2.45) is 5.10 Å². The Bertz CT molecular complexity index is 1010. The number of amides is 1. The van der Waals surface area contributed by atoms with Gasteiger partial charge in [-0.25, -0.2) is 5.01 Å². The molecule has 0 spiro atoms. The summed E-state index contributed by atoms with van der Waals surface area (Å²) in [6, 6.07) is 24.7. The lowest BCUT2D eigenvalue weighted by Crippen LogP contribution is -2.24. The highest BCUT2D eigenvalue weighted by molar-refractivity contribution is 7.80. The van der Waals surface area contributed by atoms with Crippen molar-refractivity contribution in [1.29, 1.82) is 0 Å². The molecule has 2 N–H and O–H groups in total. The zero-order valence-corrected chi connectivity index (χ0v) is 17.6. The van der Waals surface area contributed by atoms with Crippen molar-refractivity contribution in [1.82, 2.24) is 5.01 Å². The van der Waals surface area contributed by atoms with Crippen LogP contribution in [0, 0.1) is 0 Å². The summed E-state index contributed by atoms with van der Waals surface area (Å²) in [7, 11) is 0. The number of hydrogen-bond donors (Lipinski definition) is 2. The van der Waals surface area contributed by atoms with Gasteiger partial charge in [0.05, 0.1) is 11.8 Å². The van der Waals surface area contributed by atoms with E-state index in [1.54, 1.807) is 0 Å². The summed E-state index contributed by atoms with van der Waals surface area (Å²) in [6.07, 6.45) is 0.657. The number of nitrogen functional groups attached to an aromatic ring is 1. The Kier molecular flexibility index (Phi) is 6.96. The lowest BCUT2D eigenvalue weighted by molar-refractivity contribution is -0.130. The molecule has 1 aliphatic heterocycles. The fraction of sp³-hybridized carbons (Fsp3) is 0.130. The molecule has 0 saturated heterocycles. The van der Waals surface area contributed by atoms with Crippen LogP contribution in [-0.4, -0.2) is 16.6 Å². The predicted octanol–water partition coefficient (Wildman–Crippen LogP) is 5.60. The Morgan fingerprint density at radius 1 is 1.07 bits per heavy atom. The number of anilines is 1. The first-order valence-corrected chi connectivity index (χ1v) is 9.99. The minimum absolute atomic E-state index is 0.0876. The van der Waals surface area contributed by atoms with Gasteiger partial charge in [-0.3, -0.25) is 4.79 Å². The van der Waals surface area contributed by atoms with Gasteiger partial charge in [0.15, 0.2) is 0 Å². The van der Waals surface area contributed by atoms with Crippen LogP contribution in [-0.2, 0) is 4.79 Å². The van der Waals surface area contributed by atoms with Crippen LogP contribution in [0.1, 0.15) is 30.5 Å². The molecule has 0 fully saturated rings. The summed E-state index contributed by atoms with van der Waals surface area (Å²) in [4.78, 5) is 12.9. The van der Waals surface area contributed by atoms with Gasteiger partial charge in [-0.15, -0.1) is 12.6 Å². The van der Waals surface area contributed by atoms with Crippen LogP contribution in [0.5, 0.6) is 0 Å². The Balaban J connectivity index is 0.000000290. The van der Waals surface area contributed by atoms with Crippen molar-refractivity contribution in [3.05, 3.63) is 95.0 Å². The third kappa shape index (κ3) is 5.62. The second-order valence-corrected chi connectivity index (χ2v) is 7.60. The summed E-state index contributed by atoms with van der Waals surface area (Å²) in [6.45, 7) is 1.52. The molecule has 0 radical (unpaired) electrons. The van der Waals surface area contributed by atoms with Crippen molar-refractivity contribution >= 4 is 41.5 Å². The second kappa shape index (κ2) is 9.63. The number of nitrogens with two attached hydrogens (primary N) is 1. The van der Waals surface area contributed by atoms with E-state index in [-0.39, 0.29) is 11.9 Å². The van der Waals surface area contributed by atoms with E-state index in [9.17, 15) is 4.79 Å². The molecular weight excluding hydrogens is 402 g/mol. The van der Waals surface area contributed by atoms with Crippen LogP contribution in [0.25, 0.3) is 0 Å². The normalized spacial score (nSPS) is 15.3. The molecule has 1 amide bonds. The lowest BCUT2D eigenvalue weighted by Gasteiger charge is -2.20. The third-order valence-corrected chi connectivity index (χ3v) is 5.00. The van der Waals surface area contributed by atoms with E-state index in [0.717, 1.165) is 21.7 Å². The first-order chi connectivity index (χ1) is 13.9. The fourth-order valence-electron chi connectivity index (χ4n) is 3.05. The molecule has 6 heteroatoms. The molecule has 4 rings (SSSR count). The number of thiol groups is 1. The molecule has 3 aromatic carbocycles. The average molecular weight is 424 g/mol. The van der Waals surface area contributed by atoms with Gasteiger partial charge in [0, 0.05) is 29.0 Å². The van der Waals surface area contributed by atoms with E-state index in [1.165, 1.54) is 11.9 Å². The van der Waals surface area contributed by atoms with Gasteiger partial charge < -0.3 is 5.73 Å². The Morgan fingerprint density at radius 3 is 2.31 bits per heavy atom. The van der Waals surface area contributed by atoms with Crippen LogP contribution in [0.15, 0.2) is 88.9 Å². The molecule has 4 nitrogen and oxygen atoms in total. The predicted molar refractivity (Wildman–Crippen MR) is 122 cm³/mol. The maximum Gasteiger partial charge on any atom is 0.240 e. The maximum absolute atomic E-state index is 11.9. The summed E-state index contributed by atoms with van der Waals surface area (Å²) in [5, 5.41) is 6.67. The molecule has 0 saturated carbocycles. The average Bonchev–Trinajstić information content (AvgIpc) is 3.15. The van der Waals surface area contributed by atoms with E-state index in [4.69, 9.17) is 17.3 Å². The molecule has 148 valence electrons. The number of rotatable bonds is 2. The SMILES string of the molecule is CC(=O)N1N=C(c2ccc(N)cc2)CC1c1cccc(Cl)c1.Sc1ccccc1. The number of carbonyl (C=O) groups excluding carboxylic acids is 1. The van der Waals surface area contributed by atoms with Gasteiger partial charge in [0.2, 0.25) is 5.91 Å². The second-order valence-electron chi connectivity index (χ2n) is 6.64. The lowest BCUT2D eigenvalue weighted by atomic mass is 9.98. The van der Waals surface area contributed by atoms with Gasteiger partial charge in [-0.2, -0.15) is 5.10 Å². The smallest absolute Gasteiger partial charge is 0.240 e. The number of nitrogens with zero attached hydrogens (tertiary/aromatic N) is 2. The zero-order valence-electron chi connectivity index (χ0n) is 16.0. The quantitative estimate of drug-likeness (QED) is 0.416. The van der Waals surface area contributed by atoms with Crippen molar-refractivity contribution < 1.29 is 4.79 Å². The summed E-state index contributed by atoms with van der Waals surface area (Å²) < 4.78 is 0. The van der Waals surface area contributed by atoms with Gasteiger partial charge in [0.1, 0.15) is 0 Å². The summed E-state index contributed by atoms with van der Waals surface area (Å²) >= 11 is 10.2. The Morgan fingerprint density at radius 2 is 1.76 bits per heavy atom. The van der Waals surface area contributed by atoms with Gasteiger partial charge >= 0.3 is 0 Å². The fourth-order valence-corrected chi connectivity index (χ4v) is 3.42. The number of hydrogen-bond acceptors (Lipinski definition) is 4. The van der Waals surface area contributed by atoms with Crippen molar-refractivity contribution in [2.45, 2.75) is 24.3 Å². The number of benzene rings is 3. The Hall–Kier alpha value is -2.76. The van der Waals surface area contributed by atoms with Crippen molar-refractivity contribution in [2.75, 3.05) is 5.73 Å². The molecule has 0 bridgehead atoms. The van der Waals surface area contributed by atoms with Crippen LogP contribution in [0.2, 0.25) is 5.02 Å². The highest BCUT2D eigenvalue weighted by atomic mass is 35.5. The van der Waals surface area contributed by atoms with Crippen molar-refractivity contribution in [3.63, 3.8) is 0 Å². The molecule has 1 atom stereocenters. The third-order valence-electron chi connectivity index (χ3n) is 4.47. The topological polar surface area (TPSA) is 58.7 Å². The molecule has 0 aliphatic carbocycles. The van der Waals surface area contributed by atoms with Gasteiger partial charge in [0.25, 0.3) is 0 Å².